The minimum absolute atomic E-state index is 0.685. The summed E-state index contributed by atoms with van der Waals surface area (Å²) in [5.41, 5.74) is 0.685. The molecule has 0 radical (unpaired) electrons. The summed E-state index contributed by atoms with van der Waals surface area (Å²) in [4.78, 5) is 11.1. The number of thioether (sulfide) groups is 1. The minimum Gasteiger partial charge on any atom is -0.479 e. The molecule has 1 aromatic rings. The van der Waals surface area contributed by atoms with Crippen LogP contribution in [0, 0.1) is 0 Å². The van der Waals surface area contributed by atoms with Crippen molar-refractivity contribution in [3.8, 4) is 0 Å². The number of hydrogen-bond donors (Lipinski definition) is 1. The van der Waals surface area contributed by atoms with E-state index < -0.39 is 12.1 Å². The van der Waals surface area contributed by atoms with Gasteiger partial charge in [0.2, 0.25) is 17.5 Å². The second-order valence-electron chi connectivity index (χ2n) is 3.41. The molecule has 1 atom stereocenters. The SMILES string of the molecule is CCSc1c([C@@H](OC)C(=O)O)n(C)c[n+]1C. The fourth-order valence-corrected chi connectivity index (χ4v) is 2.57. The lowest BCUT2D eigenvalue weighted by Gasteiger charge is -2.08. The second-order valence-corrected chi connectivity index (χ2v) is 4.67. The molecule has 0 aliphatic heterocycles. The highest BCUT2D eigenvalue weighted by molar-refractivity contribution is 7.99. The van der Waals surface area contributed by atoms with Crippen molar-refractivity contribution in [1.82, 2.24) is 4.57 Å². The standard InChI is InChI=1S/C10H16N2O3S/c1-5-16-9-7(8(15-4)10(13)14)11(2)6-12(9)3/h6,8H,5H2,1-4H3/p+1/t8-/m1/s1. The summed E-state index contributed by atoms with van der Waals surface area (Å²) in [5, 5.41) is 10.0. The Morgan fingerprint density at radius 2 is 2.38 bits per heavy atom. The lowest BCUT2D eigenvalue weighted by Crippen LogP contribution is -2.28. The Morgan fingerprint density at radius 3 is 2.81 bits per heavy atom. The molecule has 0 aromatic carbocycles. The van der Waals surface area contributed by atoms with E-state index in [1.165, 1.54) is 7.11 Å². The average molecular weight is 245 g/mol. The van der Waals surface area contributed by atoms with E-state index in [1.807, 2.05) is 31.9 Å². The normalized spacial score (nSPS) is 12.8. The number of carboxylic acids is 1. The Bertz CT molecular complexity index is 390. The summed E-state index contributed by atoms with van der Waals surface area (Å²) in [5.74, 6) is -0.0803. The van der Waals surface area contributed by atoms with Crippen LogP contribution in [0.2, 0.25) is 0 Å². The monoisotopic (exact) mass is 245 g/mol. The zero-order valence-electron chi connectivity index (χ0n) is 9.93. The molecule has 0 unspecified atom stereocenters. The molecule has 1 aromatic heterocycles. The summed E-state index contributed by atoms with van der Waals surface area (Å²) >= 11 is 1.61. The summed E-state index contributed by atoms with van der Waals surface area (Å²) in [6.07, 6.45) is 0.933. The van der Waals surface area contributed by atoms with E-state index >= 15 is 0 Å². The quantitative estimate of drug-likeness (QED) is 0.614. The number of hydrogen-bond acceptors (Lipinski definition) is 3. The highest BCUT2D eigenvalue weighted by Gasteiger charge is 2.32. The van der Waals surface area contributed by atoms with Gasteiger partial charge in [-0.05, 0) is 5.75 Å². The Kier molecular flexibility index (Phi) is 4.37. The van der Waals surface area contributed by atoms with Gasteiger partial charge in [-0.25, -0.2) is 13.9 Å². The third-order valence-electron chi connectivity index (χ3n) is 2.26. The summed E-state index contributed by atoms with van der Waals surface area (Å²) in [6, 6.07) is 0. The lowest BCUT2D eigenvalue weighted by atomic mass is 10.2. The number of aliphatic carboxylic acids is 1. The number of methoxy groups -OCH3 is 1. The van der Waals surface area contributed by atoms with E-state index in [0.717, 1.165) is 10.8 Å². The van der Waals surface area contributed by atoms with Crippen molar-refractivity contribution < 1.29 is 19.2 Å². The minimum atomic E-state index is -0.970. The van der Waals surface area contributed by atoms with Crippen LogP contribution >= 0.6 is 11.8 Å². The van der Waals surface area contributed by atoms with Crippen molar-refractivity contribution in [1.29, 1.82) is 0 Å². The fourth-order valence-electron chi connectivity index (χ4n) is 1.64. The summed E-state index contributed by atoms with van der Waals surface area (Å²) in [7, 11) is 5.13. The Labute approximate surface area is 99.0 Å². The van der Waals surface area contributed by atoms with Crippen molar-refractivity contribution in [2.75, 3.05) is 12.9 Å². The number of aryl methyl sites for hydroxylation is 2. The van der Waals surface area contributed by atoms with E-state index in [2.05, 4.69) is 0 Å². The maximum atomic E-state index is 11.1. The third kappa shape index (κ3) is 2.38. The van der Waals surface area contributed by atoms with Crippen molar-refractivity contribution in [3.63, 3.8) is 0 Å². The molecule has 16 heavy (non-hydrogen) atoms. The predicted molar refractivity (Wildman–Crippen MR) is 60.4 cm³/mol. The van der Waals surface area contributed by atoms with Crippen LogP contribution in [0.3, 0.4) is 0 Å². The van der Waals surface area contributed by atoms with Gasteiger partial charge in [0.05, 0.1) is 14.1 Å². The fraction of sp³-hybridized carbons (Fsp3) is 0.600. The van der Waals surface area contributed by atoms with E-state index in [4.69, 9.17) is 9.84 Å². The number of ether oxygens (including phenoxy) is 1. The maximum Gasteiger partial charge on any atom is 0.341 e. The van der Waals surface area contributed by atoms with Crippen molar-refractivity contribution >= 4 is 17.7 Å². The van der Waals surface area contributed by atoms with Crippen molar-refractivity contribution in [3.05, 3.63) is 12.0 Å². The molecule has 6 heteroatoms. The van der Waals surface area contributed by atoms with E-state index in [0.29, 0.717) is 5.69 Å². The number of imidazole rings is 1. The van der Waals surface area contributed by atoms with Crippen molar-refractivity contribution in [2.24, 2.45) is 14.1 Å². The molecule has 1 rings (SSSR count). The van der Waals surface area contributed by atoms with Crippen LogP contribution in [0.4, 0.5) is 0 Å². The Morgan fingerprint density at radius 1 is 1.75 bits per heavy atom. The van der Waals surface area contributed by atoms with Crippen molar-refractivity contribution in [2.45, 2.75) is 18.1 Å². The van der Waals surface area contributed by atoms with E-state index in [-0.39, 0.29) is 0 Å². The van der Waals surface area contributed by atoms with Gasteiger partial charge in [0.25, 0.3) is 0 Å². The van der Waals surface area contributed by atoms with Gasteiger partial charge in [-0.1, -0.05) is 18.7 Å². The molecule has 1 N–H and O–H groups in total. The average Bonchev–Trinajstić information content (AvgIpc) is 2.46. The van der Waals surface area contributed by atoms with Crippen LogP contribution in [0.5, 0.6) is 0 Å². The first-order chi connectivity index (χ1) is 7.52. The molecule has 0 fully saturated rings. The highest BCUT2D eigenvalue weighted by Crippen LogP contribution is 2.26. The van der Waals surface area contributed by atoms with Crippen LogP contribution < -0.4 is 4.57 Å². The number of carbonyl (C=O) groups is 1. The Hall–Kier alpha value is -1.01. The number of rotatable bonds is 5. The molecular formula is C10H17N2O3S+. The molecule has 0 aliphatic rings. The third-order valence-corrected chi connectivity index (χ3v) is 3.31. The van der Waals surface area contributed by atoms with Crippen LogP contribution in [-0.4, -0.2) is 28.5 Å². The first-order valence-corrected chi connectivity index (χ1v) is 5.94. The largest absolute Gasteiger partial charge is 0.479 e. The highest BCUT2D eigenvalue weighted by atomic mass is 32.2. The zero-order chi connectivity index (χ0) is 12.3. The van der Waals surface area contributed by atoms with Gasteiger partial charge in [0.1, 0.15) is 0 Å². The molecule has 0 saturated heterocycles. The molecule has 90 valence electrons. The van der Waals surface area contributed by atoms with Gasteiger partial charge in [0, 0.05) is 7.11 Å². The first-order valence-electron chi connectivity index (χ1n) is 4.96. The van der Waals surface area contributed by atoms with Gasteiger partial charge in [-0.3, -0.25) is 0 Å². The lowest BCUT2D eigenvalue weighted by molar-refractivity contribution is -0.707. The van der Waals surface area contributed by atoms with Crippen LogP contribution in [0.1, 0.15) is 18.7 Å². The molecule has 0 aliphatic carbocycles. The number of aromatic nitrogens is 2. The molecule has 5 nitrogen and oxygen atoms in total. The molecule has 0 spiro atoms. The topological polar surface area (TPSA) is 55.3 Å². The van der Waals surface area contributed by atoms with Crippen LogP contribution in [-0.2, 0) is 23.6 Å². The predicted octanol–water partition coefficient (Wildman–Crippen LogP) is 0.734. The van der Waals surface area contributed by atoms with Gasteiger partial charge in [-0.2, -0.15) is 0 Å². The molecule has 0 amide bonds. The smallest absolute Gasteiger partial charge is 0.341 e. The summed E-state index contributed by atoms with van der Waals surface area (Å²) in [6.45, 7) is 2.03. The number of nitrogens with zero attached hydrogens (tertiary/aromatic N) is 2. The maximum absolute atomic E-state index is 11.1. The zero-order valence-corrected chi connectivity index (χ0v) is 10.7. The summed E-state index contributed by atoms with van der Waals surface area (Å²) < 4.78 is 8.74. The molecular weight excluding hydrogens is 228 g/mol. The van der Waals surface area contributed by atoms with E-state index in [1.54, 1.807) is 16.3 Å². The van der Waals surface area contributed by atoms with Crippen LogP contribution in [0.15, 0.2) is 11.4 Å². The molecule has 0 saturated carbocycles. The first kappa shape index (κ1) is 13.1. The van der Waals surface area contributed by atoms with Gasteiger partial charge in [-0.15, -0.1) is 0 Å². The Balaban J connectivity index is 3.23. The number of carboxylic acid groups (broad SMARTS) is 1. The van der Waals surface area contributed by atoms with Gasteiger partial charge < -0.3 is 9.84 Å². The van der Waals surface area contributed by atoms with E-state index in [9.17, 15) is 4.79 Å². The van der Waals surface area contributed by atoms with Gasteiger partial charge in [0.15, 0.2) is 5.69 Å². The van der Waals surface area contributed by atoms with Crippen LogP contribution in [0.25, 0.3) is 0 Å². The second kappa shape index (κ2) is 5.36. The molecule has 0 bridgehead atoms. The van der Waals surface area contributed by atoms with Gasteiger partial charge >= 0.3 is 5.97 Å². The molecule has 1 heterocycles.